The standard InChI is InChI=1S/C51H37B5N4O/c52-44-43(45(53)47(55)48(56)46(44)54)31-14-9-15-32(24-31)50-57-49(29-12-5-2-6-13-29)58-51(59-50)33-18-21-36-37-22-20-34(27-42(37)61-41(36)26-33)60-39-17-8-7-16-35(39)38-25-30(19-23-40(38)60)28-10-3-1-4-11-28/h1-27H,52-56H2. The Balaban J connectivity index is 1.02. The first-order valence-corrected chi connectivity index (χ1v) is 20.9. The van der Waals surface area contributed by atoms with Crippen LogP contribution in [0.4, 0.5) is 0 Å². The average molecular weight is 776 g/mol. The van der Waals surface area contributed by atoms with Gasteiger partial charge >= 0.3 is 0 Å². The first-order valence-electron chi connectivity index (χ1n) is 20.9. The lowest BCUT2D eigenvalue weighted by molar-refractivity contribution is 0.668. The maximum absolute atomic E-state index is 6.71. The van der Waals surface area contributed by atoms with Crippen LogP contribution < -0.4 is 27.3 Å². The van der Waals surface area contributed by atoms with Gasteiger partial charge in [-0.3, -0.25) is 0 Å². The van der Waals surface area contributed by atoms with Gasteiger partial charge in [0, 0.05) is 50.0 Å². The maximum Gasteiger partial charge on any atom is 0.164 e. The van der Waals surface area contributed by atoms with E-state index in [2.05, 4.69) is 177 Å². The number of furan rings is 1. The summed E-state index contributed by atoms with van der Waals surface area (Å²) in [5.41, 5.74) is 19.1. The highest BCUT2D eigenvalue weighted by atomic mass is 16.3. The number of benzene rings is 8. The molecular weight excluding hydrogens is 739 g/mol. The molecule has 0 N–H and O–H groups in total. The predicted octanol–water partition coefficient (Wildman–Crippen LogP) is 4.50. The number of hydrogen-bond acceptors (Lipinski definition) is 4. The summed E-state index contributed by atoms with van der Waals surface area (Å²) < 4.78 is 9.06. The molecule has 0 radical (unpaired) electrons. The summed E-state index contributed by atoms with van der Waals surface area (Å²) in [5.74, 6) is 1.83. The second-order valence-electron chi connectivity index (χ2n) is 16.2. The van der Waals surface area contributed by atoms with Crippen LogP contribution in [0.3, 0.4) is 0 Å². The van der Waals surface area contributed by atoms with Crippen molar-refractivity contribution in [3.8, 4) is 62.1 Å². The normalized spacial score (nSPS) is 11.6. The van der Waals surface area contributed by atoms with E-state index in [1.807, 2.05) is 30.3 Å². The zero-order valence-electron chi connectivity index (χ0n) is 34.8. The molecular formula is C51H37B5N4O. The predicted molar refractivity (Wildman–Crippen MR) is 270 cm³/mol. The largest absolute Gasteiger partial charge is 0.456 e. The number of aromatic nitrogens is 4. The summed E-state index contributed by atoms with van der Waals surface area (Å²) in [5, 5.41) is 4.53. The molecule has 0 fully saturated rings. The lowest BCUT2D eigenvalue weighted by Crippen LogP contribution is -2.55. The smallest absolute Gasteiger partial charge is 0.164 e. The highest BCUT2D eigenvalue weighted by Gasteiger charge is 2.19. The Hall–Kier alpha value is -7.31. The number of fused-ring (bicyclic) bond motifs is 6. The molecule has 0 bridgehead atoms. The number of nitrogens with zero attached hydrogens (tertiary/aromatic N) is 4. The van der Waals surface area contributed by atoms with Crippen LogP contribution in [0.25, 0.3) is 106 Å². The maximum atomic E-state index is 6.71. The molecule has 282 valence electrons. The second kappa shape index (κ2) is 14.5. The van der Waals surface area contributed by atoms with Crippen LogP contribution in [0.5, 0.6) is 0 Å². The van der Waals surface area contributed by atoms with E-state index < -0.39 is 0 Å². The molecule has 3 heterocycles. The van der Waals surface area contributed by atoms with Gasteiger partial charge in [0.1, 0.15) is 50.4 Å². The molecule has 0 spiro atoms. The molecule has 0 aliphatic heterocycles. The van der Waals surface area contributed by atoms with Crippen molar-refractivity contribution in [3.63, 3.8) is 0 Å². The minimum Gasteiger partial charge on any atom is -0.456 e. The fourth-order valence-electron chi connectivity index (χ4n) is 9.20. The highest BCUT2D eigenvalue weighted by molar-refractivity contribution is 6.68. The Bertz CT molecular complexity index is 3520. The quantitative estimate of drug-likeness (QED) is 0.234. The summed E-state index contributed by atoms with van der Waals surface area (Å²) in [6.07, 6.45) is 0. The van der Waals surface area contributed by atoms with Crippen molar-refractivity contribution in [2.45, 2.75) is 0 Å². The Kier molecular flexibility index (Phi) is 8.71. The third-order valence-corrected chi connectivity index (χ3v) is 12.8. The number of para-hydroxylation sites is 1. The number of hydrogen-bond donors (Lipinski definition) is 0. The van der Waals surface area contributed by atoms with Gasteiger partial charge in [-0.2, -0.15) is 0 Å². The molecule has 61 heavy (non-hydrogen) atoms. The molecule has 11 rings (SSSR count). The summed E-state index contributed by atoms with van der Waals surface area (Å²) in [6, 6.07) is 57.5. The van der Waals surface area contributed by atoms with E-state index in [-0.39, 0.29) is 0 Å². The molecule has 0 saturated heterocycles. The van der Waals surface area contributed by atoms with Crippen LogP contribution in [0, 0.1) is 0 Å². The van der Waals surface area contributed by atoms with Crippen molar-refractivity contribution in [1.82, 2.24) is 19.5 Å². The zero-order chi connectivity index (χ0) is 41.4. The summed E-state index contributed by atoms with van der Waals surface area (Å²) in [4.78, 5) is 15.3. The highest BCUT2D eigenvalue weighted by Crippen LogP contribution is 2.38. The molecule has 0 saturated carbocycles. The van der Waals surface area contributed by atoms with Crippen LogP contribution in [-0.2, 0) is 0 Å². The van der Waals surface area contributed by atoms with Gasteiger partial charge in [-0.25, -0.2) is 15.0 Å². The van der Waals surface area contributed by atoms with E-state index in [0.717, 1.165) is 60.9 Å². The van der Waals surface area contributed by atoms with Crippen LogP contribution in [0.1, 0.15) is 0 Å². The SMILES string of the molecule is Bc1c(B)c(B)c(-c2cccc(-c3nc(-c4ccccc4)nc(-c4ccc5c(c4)oc4cc(-n6c7ccccc7c7cc(-c8ccccc8)ccc76)ccc45)n3)c2)c(B)c1B. The third-order valence-electron chi connectivity index (χ3n) is 12.8. The number of rotatable bonds is 6. The minimum absolute atomic E-state index is 0.590. The van der Waals surface area contributed by atoms with Crippen LogP contribution >= 0.6 is 0 Å². The first kappa shape index (κ1) is 36.8. The van der Waals surface area contributed by atoms with E-state index in [9.17, 15) is 0 Å². The average Bonchev–Trinajstić information content (AvgIpc) is 3.85. The van der Waals surface area contributed by atoms with Gasteiger partial charge in [0.25, 0.3) is 0 Å². The summed E-state index contributed by atoms with van der Waals surface area (Å²) in [7, 11) is 11.1. The molecule has 0 aliphatic carbocycles. The molecule has 8 aromatic carbocycles. The molecule has 10 heteroatoms. The Morgan fingerprint density at radius 1 is 0.344 bits per heavy atom. The van der Waals surface area contributed by atoms with Gasteiger partial charge in [-0.05, 0) is 70.8 Å². The van der Waals surface area contributed by atoms with Gasteiger partial charge in [-0.15, -0.1) is 16.4 Å². The van der Waals surface area contributed by atoms with E-state index in [1.165, 1.54) is 54.8 Å². The second-order valence-corrected chi connectivity index (χ2v) is 16.2. The van der Waals surface area contributed by atoms with Gasteiger partial charge in [0.05, 0.1) is 11.0 Å². The molecule has 0 aliphatic rings. The van der Waals surface area contributed by atoms with E-state index in [4.69, 9.17) is 19.4 Å². The molecule has 5 nitrogen and oxygen atoms in total. The Labute approximate surface area is 358 Å². The van der Waals surface area contributed by atoms with Crippen LogP contribution in [0.15, 0.2) is 168 Å². The fraction of sp³-hybridized carbons (Fsp3) is 0. The van der Waals surface area contributed by atoms with Crippen molar-refractivity contribution in [3.05, 3.63) is 164 Å². The summed E-state index contributed by atoms with van der Waals surface area (Å²) in [6.45, 7) is 0. The first-order chi connectivity index (χ1) is 29.8. The van der Waals surface area contributed by atoms with Crippen LogP contribution in [0.2, 0.25) is 0 Å². The van der Waals surface area contributed by atoms with Crippen molar-refractivity contribution in [2.75, 3.05) is 0 Å². The Morgan fingerprint density at radius 3 is 1.59 bits per heavy atom. The summed E-state index contributed by atoms with van der Waals surface area (Å²) >= 11 is 0. The van der Waals surface area contributed by atoms with Gasteiger partial charge in [-0.1, -0.05) is 120 Å². The van der Waals surface area contributed by atoms with Gasteiger partial charge < -0.3 is 8.98 Å². The van der Waals surface area contributed by atoms with E-state index in [0.29, 0.717) is 17.5 Å². The Morgan fingerprint density at radius 2 is 0.869 bits per heavy atom. The lowest BCUT2D eigenvalue weighted by atomic mass is 9.59. The van der Waals surface area contributed by atoms with Gasteiger partial charge in [0.2, 0.25) is 0 Å². The molecule has 11 aromatic rings. The van der Waals surface area contributed by atoms with Crippen molar-refractivity contribution < 1.29 is 4.42 Å². The van der Waals surface area contributed by atoms with E-state index >= 15 is 0 Å². The van der Waals surface area contributed by atoms with Crippen molar-refractivity contribution in [2.24, 2.45) is 0 Å². The lowest BCUT2D eigenvalue weighted by Gasteiger charge is -2.20. The van der Waals surface area contributed by atoms with Gasteiger partial charge in [0.15, 0.2) is 17.5 Å². The van der Waals surface area contributed by atoms with E-state index in [1.54, 1.807) is 0 Å². The molecule has 0 unspecified atom stereocenters. The van der Waals surface area contributed by atoms with Crippen molar-refractivity contribution >= 4 is 110 Å². The monoisotopic (exact) mass is 776 g/mol. The molecule has 0 amide bonds. The zero-order valence-corrected chi connectivity index (χ0v) is 34.8. The fourth-order valence-corrected chi connectivity index (χ4v) is 9.20. The molecule has 0 atom stereocenters. The minimum atomic E-state index is 0.590. The van der Waals surface area contributed by atoms with Crippen LogP contribution in [-0.4, -0.2) is 58.8 Å². The third kappa shape index (κ3) is 6.12. The molecule has 3 aromatic heterocycles. The topological polar surface area (TPSA) is 56.7 Å². The van der Waals surface area contributed by atoms with Crippen molar-refractivity contribution in [1.29, 1.82) is 0 Å².